The molecule has 3 N–H and O–H groups in total. The van der Waals surface area contributed by atoms with Crippen LogP contribution in [-0.2, 0) is 9.59 Å². The molecule has 1 aromatic heterocycles. The molecule has 4 aromatic rings. The van der Waals surface area contributed by atoms with Crippen molar-refractivity contribution >= 4 is 40.6 Å². The fourth-order valence-electron chi connectivity index (χ4n) is 4.14. The van der Waals surface area contributed by atoms with Gasteiger partial charge in [-0.2, -0.15) is 0 Å². The summed E-state index contributed by atoms with van der Waals surface area (Å²) in [5.74, 6) is -1.48. The van der Waals surface area contributed by atoms with Crippen LogP contribution in [0.15, 0.2) is 60.7 Å². The number of carbonyl (C=O) groups excluding carboxylic acids is 1. The molecule has 0 aliphatic carbocycles. The molecule has 0 unspecified atom stereocenters. The van der Waals surface area contributed by atoms with Crippen molar-refractivity contribution in [1.29, 1.82) is 0 Å². The first-order chi connectivity index (χ1) is 16.9. The second-order valence-electron chi connectivity index (χ2n) is 8.09. The Morgan fingerprint density at radius 3 is 2.40 bits per heavy atom. The van der Waals surface area contributed by atoms with Crippen molar-refractivity contribution in [1.82, 2.24) is 9.78 Å². The Morgan fingerprint density at radius 1 is 1.09 bits per heavy atom. The number of fused-ring (bicyclic) bond motifs is 1. The lowest BCUT2D eigenvalue weighted by Crippen LogP contribution is -2.40. The topological polar surface area (TPSA) is 116 Å². The highest BCUT2D eigenvalue weighted by Crippen LogP contribution is 2.41. The number of aromatic nitrogens is 2. The largest absolute Gasteiger partial charge is 0.507 e. The number of anilines is 1. The molecule has 0 saturated carbocycles. The zero-order valence-electron chi connectivity index (χ0n) is 18.9. The molecule has 1 amide bonds. The summed E-state index contributed by atoms with van der Waals surface area (Å²) in [5, 5.41) is 37.6. The minimum atomic E-state index is -1.15. The van der Waals surface area contributed by atoms with Gasteiger partial charge in [0.1, 0.15) is 17.5 Å². The molecular weight excluding hydrogens is 470 g/mol. The first kappa shape index (κ1) is 24.1. The number of hydrogen-bond acceptors (Lipinski definition) is 5. The smallest absolute Gasteiger partial charge is 0.326 e. The van der Waals surface area contributed by atoms with E-state index in [0.29, 0.717) is 23.5 Å². The van der Waals surface area contributed by atoms with E-state index in [1.807, 2.05) is 31.2 Å². The van der Waals surface area contributed by atoms with Gasteiger partial charge in [0.15, 0.2) is 5.82 Å². The number of benzene rings is 3. The Hall–Kier alpha value is -4.04. The van der Waals surface area contributed by atoms with Crippen molar-refractivity contribution in [2.45, 2.75) is 32.2 Å². The first-order valence-corrected chi connectivity index (χ1v) is 11.5. The van der Waals surface area contributed by atoms with E-state index in [4.69, 9.17) is 11.6 Å². The maximum absolute atomic E-state index is 12.1. The fourth-order valence-corrected chi connectivity index (χ4v) is 4.37. The van der Waals surface area contributed by atoms with E-state index in [9.17, 15) is 24.9 Å². The number of carboxylic acids is 1. The Morgan fingerprint density at radius 2 is 1.77 bits per heavy atom. The van der Waals surface area contributed by atoms with Crippen LogP contribution in [0.3, 0.4) is 0 Å². The van der Waals surface area contributed by atoms with Crippen molar-refractivity contribution in [3.8, 4) is 28.4 Å². The van der Waals surface area contributed by atoms with E-state index < -0.39 is 12.0 Å². The van der Waals surface area contributed by atoms with Gasteiger partial charge in [-0.25, -0.2) is 9.48 Å². The zero-order valence-corrected chi connectivity index (χ0v) is 19.7. The van der Waals surface area contributed by atoms with E-state index in [0.717, 1.165) is 22.1 Å². The van der Waals surface area contributed by atoms with Gasteiger partial charge in [0.2, 0.25) is 6.41 Å². The van der Waals surface area contributed by atoms with Gasteiger partial charge in [0.05, 0.1) is 16.9 Å². The van der Waals surface area contributed by atoms with Crippen LogP contribution in [0.25, 0.3) is 27.7 Å². The first-order valence-electron chi connectivity index (χ1n) is 11.1. The predicted octanol–water partition coefficient (Wildman–Crippen LogP) is 5.36. The summed E-state index contributed by atoms with van der Waals surface area (Å²) in [5.41, 5.74) is 0.936. The number of unbranched alkanes of at least 4 members (excludes halogenated alkanes) is 1. The Labute approximate surface area is 206 Å². The fraction of sp³-hybridized carbons (Fsp3) is 0.192. The SMILES string of the molecule is CCCC[C@@H](C(=O)O)N(C=O)c1cc(-c2c(O)cccc2O)n(-c2ccc(Cl)c3ccccc23)n1. The molecule has 0 aliphatic rings. The van der Waals surface area contributed by atoms with Crippen molar-refractivity contribution in [3.63, 3.8) is 0 Å². The van der Waals surface area contributed by atoms with E-state index >= 15 is 0 Å². The number of rotatable bonds is 9. The molecule has 0 spiro atoms. The lowest BCUT2D eigenvalue weighted by molar-refractivity contribution is -0.139. The van der Waals surface area contributed by atoms with Crippen molar-refractivity contribution in [2.75, 3.05) is 4.90 Å². The Bertz CT molecular complexity index is 1380. The number of aliphatic carboxylic acids is 1. The van der Waals surface area contributed by atoms with Crippen LogP contribution in [0.2, 0.25) is 5.02 Å². The molecule has 0 fully saturated rings. The number of phenols is 2. The summed E-state index contributed by atoms with van der Waals surface area (Å²) in [4.78, 5) is 25.2. The van der Waals surface area contributed by atoms with Gasteiger partial charge in [0, 0.05) is 21.9 Å². The molecule has 0 bridgehead atoms. The minimum absolute atomic E-state index is 0.0696. The molecule has 4 rings (SSSR count). The summed E-state index contributed by atoms with van der Waals surface area (Å²) in [6.45, 7) is 1.93. The molecule has 1 atom stereocenters. The van der Waals surface area contributed by atoms with Gasteiger partial charge in [-0.15, -0.1) is 5.10 Å². The summed E-state index contributed by atoms with van der Waals surface area (Å²) >= 11 is 6.40. The second-order valence-corrected chi connectivity index (χ2v) is 8.50. The molecular formula is C26H24ClN3O5. The van der Waals surface area contributed by atoms with Crippen LogP contribution < -0.4 is 4.90 Å². The maximum Gasteiger partial charge on any atom is 0.326 e. The Balaban J connectivity index is 1.99. The molecule has 0 aliphatic heterocycles. The maximum atomic E-state index is 12.1. The van der Waals surface area contributed by atoms with Crippen LogP contribution in [0.1, 0.15) is 26.2 Å². The van der Waals surface area contributed by atoms with Crippen molar-refractivity contribution in [2.24, 2.45) is 0 Å². The number of hydrogen-bond donors (Lipinski definition) is 3. The highest BCUT2D eigenvalue weighted by Gasteiger charge is 2.29. The van der Waals surface area contributed by atoms with Crippen molar-refractivity contribution in [3.05, 3.63) is 65.7 Å². The van der Waals surface area contributed by atoms with Crippen LogP contribution in [0, 0.1) is 0 Å². The van der Waals surface area contributed by atoms with Gasteiger partial charge in [-0.05, 0) is 30.7 Å². The predicted molar refractivity (Wildman–Crippen MR) is 134 cm³/mol. The number of phenolic OH excluding ortho intramolecular Hbond substituents is 2. The highest BCUT2D eigenvalue weighted by molar-refractivity contribution is 6.35. The van der Waals surface area contributed by atoms with Gasteiger partial charge in [-0.3, -0.25) is 9.69 Å². The third-order valence-electron chi connectivity index (χ3n) is 5.88. The summed E-state index contributed by atoms with van der Waals surface area (Å²) in [6.07, 6.45) is 2.06. The van der Waals surface area contributed by atoms with Gasteiger partial charge in [-0.1, -0.05) is 61.7 Å². The van der Waals surface area contributed by atoms with E-state index in [-0.39, 0.29) is 35.0 Å². The van der Waals surface area contributed by atoms with Gasteiger partial charge < -0.3 is 15.3 Å². The van der Waals surface area contributed by atoms with Crippen LogP contribution in [0.4, 0.5) is 5.82 Å². The zero-order chi connectivity index (χ0) is 25.1. The van der Waals surface area contributed by atoms with Gasteiger partial charge in [0.25, 0.3) is 0 Å². The summed E-state index contributed by atoms with van der Waals surface area (Å²) in [7, 11) is 0. The molecule has 0 radical (unpaired) electrons. The molecule has 180 valence electrons. The number of aromatic hydroxyl groups is 2. The number of amides is 1. The molecule has 8 nitrogen and oxygen atoms in total. The molecule has 35 heavy (non-hydrogen) atoms. The monoisotopic (exact) mass is 493 g/mol. The summed E-state index contributed by atoms with van der Waals surface area (Å²) in [6, 6.07) is 15.5. The van der Waals surface area contributed by atoms with Crippen LogP contribution in [-0.4, -0.2) is 43.5 Å². The number of nitrogens with zero attached hydrogens (tertiary/aromatic N) is 3. The minimum Gasteiger partial charge on any atom is -0.507 e. The average molecular weight is 494 g/mol. The number of carboxylic acid groups (broad SMARTS) is 1. The molecule has 0 saturated heterocycles. The number of carbonyl (C=O) groups is 2. The second kappa shape index (κ2) is 10.1. The standard InChI is InChI=1S/C26H24ClN3O5/c1-2-3-9-20(26(34)35)29(15-31)24-14-21(25-22(32)10-6-11-23(25)33)30(28-24)19-13-12-18(27)16-7-4-5-8-17(16)19/h4-8,10-15,20,32-33H,2-3,9H2,1H3,(H,34,35)/t20-/m0/s1. The van der Waals surface area contributed by atoms with Gasteiger partial charge >= 0.3 is 5.97 Å². The molecule has 9 heteroatoms. The lowest BCUT2D eigenvalue weighted by atomic mass is 10.1. The van der Waals surface area contributed by atoms with Crippen LogP contribution in [0.5, 0.6) is 11.5 Å². The van der Waals surface area contributed by atoms with E-state index in [2.05, 4.69) is 5.10 Å². The van der Waals surface area contributed by atoms with Crippen LogP contribution >= 0.6 is 11.6 Å². The van der Waals surface area contributed by atoms with E-state index in [1.165, 1.54) is 28.9 Å². The molecule has 3 aromatic carbocycles. The molecule has 1 heterocycles. The third-order valence-corrected chi connectivity index (χ3v) is 6.21. The van der Waals surface area contributed by atoms with E-state index in [1.54, 1.807) is 12.1 Å². The lowest BCUT2D eigenvalue weighted by Gasteiger charge is -2.22. The third kappa shape index (κ3) is 4.52. The Kier molecular flexibility index (Phi) is 6.93. The average Bonchev–Trinajstić information content (AvgIpc) is 3.26. The highest BCUT2D eigenvalue weighted by atomic mass is 35.5. The normalized spacial score (nSPS) is 11.9. The quantitative estimate of drug-likeness (QED) is 0.270. The number of halogens is 1. The van der Waals surface area contributed by atoms with Crippen molar-refractivity contribution < 1.29 is 24.9 Å². The summed E-state index contributed by atoms with van der Waals surface area (Å²) < 4.78 is 1.47.